The molecular formula is C22H22O7. The van der Waals surface area contributed by atoms with Crippen molar-refractivity contribution in [1.82, 2.24) is 0 Å². The molecule has 152 valence electrons. The molecule has 7 nitrogen and oxygen atoms in total. The molecule has 1 heterocycles. The summed E-state index contributed by atoms with van der Waals surface area (Å²) in [5, 5.41) is 0. The Kier molecular flexibility index (Phi) is 6.61. The molecule has 0 aromatic heterocycles. The molecule has 0 N–H and O–H groups in total. The van der Waals surface area contributed by atoms with E-state index in [0.717, 1.165) is 0 Å². The van der Waals surface area contributed by atoms with Crippen LogP contribution in [0.1, 0.15) is 41.0 Å². The quantitative estimate of drug-likeness (QED) is 0.565. The van der Waals surface area contributed by atoms with E-state index in [-0.39, 0.29) is 6.42 Å². The van der Waals surface area contributed by atoms with E-state index in [1.54, 1.807) is 67.6 Å². The van der Waals surface area contributed by atoms with Crippen molar-refractivity contribution in [3.8, 4) is 0 Å². The molecule has 4 atom stereocenters. The van der Waals surface area contributed by atoms with Crippen molar-refractivity contribution < 1.29 is 33.3 Å². The molecule has 0 radical (unpaired) electrons. The van der Waals surface area contributed by atoms with Crippen LogP contribution < -0.4 is 0 Å². The third-order valence-electron chi connectivity index (χ3n) is 4.44. The van der Waals surface area contributed by atoms with Gasteiger partial charge in [-0.25, -0.2) is 9.59 Å². The summed E-state index contributed by atoms with van der Waals surface area (Å²) >= 11 is 0. The summed E-state index contributed by atoms with van der Waals surface area (Å²) in [4.78, 5) is 36.4. The predicted molar refractivity (Wildman–Crippen MR) is 102 cm³/mol. The van der Waals surface area contributed by atoms with Gasteiger partial charge in [0.25, 0.3) is 0 Å². The Bertz CT molecular complexity index is 850. The van der Waals surface area contributed by atoms with Gasteiger partial charge in [-0.3, -0.25) is 4.79 Å². The normalized spacial score (nSPS) is 23.7. The van der Waals surface area contributed by atoms with Crippen LogP contribution in [-0.2, 0) is 23.7 Å². The minimum atomic E-state index is -0.900. The van der Waals surface area contributed by atoms with E-state index in [2.05, 4.69) is 0 Å². The summed E-state index contributed by atoms with van der Waals surface area (Å²) in [6, 6.07) is 17.0. The highest BCUT2D eigenvalue weighted by molar-refractivity contribution is 5.90. The first-order valence-corrected chi connectivity index (χ1v) is 9.29. The molecule has 0 spiro atoms. The van der Waals surface area contributed by atoms with Crippen LogP contribution in [0.5, 0.6) is 0 Å². The summed E-state index contributed by atoms with van der Waals surface area (Å²) in [5.74, 6) is -1.64. The zero-order chi connectivity index (χ0) is 20.8. The third kappa shape index (κ3) is 5.42. The van der Waals surface area contributed by atoms with Crippen LogP contribution in [0.4, 0.5) is 0 Å². The molecule has 1 aliphatic rings. The summed E-state index contributed by atoms with van der Waals surface area (Å²) in [6.45, 7) is 2.93. The van der Waals surface area contributed by atoms with Crippen LogP contribution in [0.3, 0.4) is 0 Å². The van der Waals surface area contributed by atoms with E-state index in [9.17, 15) is 14.4 Å². The maximum absolute atomic E-state index is 12.5. The molecule has 2 aromatic carbocycles. The van der Waals surface area contributed by atoms with Crippen molar-refractivity contribution >= 4 is 17.9 Å². The Morgan fingerprint density at radius 3 is 1.86 bits per heavy atom. The Hall–Kier alpha value is -3.19. The molecule has 2 aromatic rings. The first kappa shape index (κ1) is 20.5. The largest absolute Gasteiger partial charge is 0.454 e. The topological polar surface area (TPSA) is 88.1 Å². The SMILES string of the molecule is CC(=O)O[C@@H]1C[C@@H](OC(=O)c2ccccc2)[C@H](OC(=O)c2ccccc2)[C@@H](C)O1. The lowest BCUT2D eigenvalue weighted by Crippen LogP contribution is -2.51. The van der Waals surface area contributed by atoms with E-state index in [1.807, 2.05) is 0 Å². The number of ether oxygens (including phenoxy) is 4. The fraction of sp³-hybridized carbons (Fsp3) is 0.318. The second-order valence-corrected chi connectivity index (χ2v) is 6.66. The Balaban J connectivity index is 1.78. The molecule has 0 bridgehead atoms. The molecule has 0 saturated carbocycles. The van der Waals surface area contributed by atoms with E-state index in [4.69, 9.17) is 18.9 Å². The maximum Gasteiger partial charge on any atom is 0.338 e. The average molecular weight is 398 g/mol. The second-order valence-electron chi connectivity index (χ2n) is 6.66. The number of rotatable bonds is 5. The predicted octanol–water partition coefficient (Wildman–Crippen LogP) is 3.14. The molecule has 3 rings (SSSR count). The average Bonchev–Trinajstić information content (AvgIpc) is 2.71. The lowest BCUT2D eigenvalue weighted by molar-refractivity contribution is -0.239. The van der Waals surface area contributed by atoms with Gasteiger partial charge in [0.15, 0.2) is 6.10 Å². The van der Waals surface area contributed by atoms with E-state index in [0.29, 0.717) is 11.1 Å². The van der Waals surface area contributed by atoms with Gasteiger partial charge in [0.05, 0.1) is 23.7 Å². The van der Waals surface area contributed by atoms with Crippen molar-refractivity contribution in [2.45, 2.75) is 44.9 Å². The maximum atomic E-state index is 12.5. The highest BCUT2D eigenvalue weighted by Crippen LogP contribution is 2.27. The van der Waals surface area contributed by atoms with Crippen LogP contribution >= 0.6 is 0 Å². The van der Waals surface area contributed by atoms with Crippen LogP contribution in [0.25, 0.3) is 0 Å². The van der Waals surface area contributed by atoms with Crippen molar-refractivity contribution in [2.75, 3.05) is 0 Å². The molecule has 29 heavy (non-hydrogen) atoms. The second kappa shape index (κ2) is 9.34. The first-order valence-electron chi connectivity index (χ1n) is 9.29. The number of carbonyl (C=O) groups excluding carboxylic acids is 3. The molecule has 7 heteroatoms. The summed E-state index contributed by atoms with van der Waals surface area (Å²) in [6.07, 6.45) is -3.21. The zero-order valence-electron chi connectivity index (χ0n) is 16.1. The van der Waals surface area contributed by atoms with Gasteiger partial charge >= 0.3 is 17.9 Å². The smallest absolute Gasteiger partial charge is 0.338 e. The standard InChI is InChI=1S/C22H22O7/c1-14-20(29-22(25)17-11-7-4-8-12-17)18(13-19(26-14)27-15(2)23)28-21(24)16-9-5-3-6-10-16/h3-12,14,18-20H,13H2,1-2H3/t14-,18-,19-,20-/m1/s1. The number of hydrogen-bond acceptors (Lipinski definition) is 7. The van der Waals surface area contributed by atoms with Crippen LogP contribution in [0.15, 0.2) is 60.7 Å². The molecule has 1 aliphatic heterocycles. The van der Waals surface area contributed by atoms with Crippen LogP contribution in [0, 0.1) is 0 Å². The van der Waals surface area contributed by atoms with Gasteiger partial charge in [0.1, 0.15) is 6.10 Å². The van der Waals surface area contributed by atoms with Crippen LogP contribution in [-0.4, -0.2) is 42.5 Å². The minimum Gasteiger partial charge on any atom is -0.454 e. The zero-order valence-corrected chi connectivity index (χ0v) is 16.1. The van der Waals surface area contributed by atoms with Crippen LogP contribution in [0.2, 0.25) is 0 Å². The molecule has 0 amide bonds. The van der Waals surface area contributed by atoms with Gasteiger partial charge in [-0.1, -0.05) is 36.4 Å². The van der Waals surface area contributed by atoms with Crippen molar-refractivity contribution in [3.05, 3.63) is 71.8 Å². The van der Waals surface area contributed by atoms with E-state index >= 15 is 0 Å². The van der Waals surface area contributed by atoms with Crippen molar-refractivity contribution in [2.24, 2.45) is 0 Å². The van der Waals surface area contributed by atoms with E-state index < -0.39 is 42.5 Å². The number of benzene rings is 2. The van der Waals surface area contributed by atoms with Gasteiger partial charge in [-0.05, 0) is 31.2 Å². The molecular weight excluding hydrogens is 376 g/mol. The first-order chi connectivity index (χ1) is 13.9. The Morgan fingerprint density at radius 1 is 0.828 bits per heavy atom. The van der Waals surface area contributed by atoms with Crippen molar-refractivity contribution in [3.63, 3.8) is 0 Å². The lowest BCUT2D eigenvalue weighted by atomic mass is 10.0. The fourth-order valence-corrected chi connectivity index (χ4v) is 3.09. The van der Waals surface area contributed by atoms with Gasteiger partial charge in [-0.2, -0.15) is 0 Å². The molecule has 0 aliphatic carbocycles. The monoisotopic (exact) mass is 398 g/mol. The Morgan fingerprint density at radius 2 is 1.34 bits per heavy atom. The highest BCUT2D eigenvalue weighted by atomic mass is 16.7. The summed E-state index contributed by atoms with van der Waals surface area (Å²) in [5.41, 5.74) is 0.735. The van der Waals surface area contributed by atoms with Gasteiger partial charge in [0, 0.05) is 6.92 Å². The molecule has 1 saturated heterocycles. The highest BCUT2D eigenvalue weighted by Gasteiger charge is 2.43. The summed E-state index contributed by atoms with van der Waals surface area (Å²) < 4.78 is 22.0. The van der Waals surface area contributed by atoms with Crippen molar-refractivity contribution in [1.29, 1.82) is 0 Å². The number of carbonyl (C=O) groups is 3. The number of esters is 3. The molecule has 1 fully saturated rings. The number of hydrogen-bond donors (Lipinski definition) is 0. The minimum absolute atomic E-state index is 0.0508. The van der Waals surface area contributed by atoms with Gasteiger partial charge < -0.3 is 18.9 Å². The van der Waals surface area contributed by atoms with E-state index in [1.165, 1.54) is 6.92 Å². The summed E-state index contributed by atoms with van der Waals surface area (Å²) in [7, 11) is 0. The van der Waals surface area contributed by atoms with Gasteiger partial charge in [-0.15, -0.1) is 0 Å². The third-order valence-corrected chi connectivity index (χ3v) is 4.44. The fourth-order valence-electron chi connectivity index (χ4n) is 3.09. The molecule has 0 unspecified atom stereocenters. The lowest BCUT2D eigenvalue weighted by Gasteiger charge is -2.38. The Labute approximate surface area is 168 Å². The van der Waals surface area contributed by atoms with Gasteiger partial charge in [0.2, 0.25) is 6.29 Å².